The van der Waals surface area contributed by atoms with E-state index >= 15 is 0 Å². The van der Waals surface area contributed by atoms with Crippen LogP contribution in [-0.4, -0.2) is 12.3 Å². The number of anilines is 8. The number of aryl methyl sites for hydroxylation is 2. The van der Waals surface area contributed by atoms with Crippen LogP contribution in [0.4, 0.5) is 45.5 Å². The Hall–Kier alpha value is -5.22. The molecule has 0 radical (unpaired) electrons. The van der Waals surface area contributed by atoms with Gasteiger partial charge < -0.3 is 14.7 Å². The molecule has 4 heteroatoms. The molecule has 6 aromatic rings. The SMILES string of the molecule is Cc1cc(C)c2c(c1)C1(C)CCCCC1(C)N2c1cc2c3c(c1)N(c1ccc(C(C)(C)C)cc1)c1ccc(C(C)(C)C)cc1B3c1cc(C(C)(C)C)ccc1N2c1ccc(C(C)(C)C)cc1. The first-order valence-electron chi connectivity index (χ1n) is 25.0. The monoisotopic (exact) mass is 872 g/mol. The van der Waals surface area contributed by atoms with E-state index < -0.39 is 0 Å². The van der Waals surface area contributed by atoms with E-state index in [2.05, 4.69) is 235 Å². The third kappa shape index (κ3) is 6.73. The first-order chi connectivity index (χ1) is 30.8. The van der Waals surface area contributed by atoms with Crippen LogP contribution in [0.5, 0.6) is 0 Å². The van der Waals surface area contributed by atoms with Crippen LogP contribution >= 0.6 is 0 Å². The van der Waals surface area contributed by atoms with E-state index in [1.54, 1.807) is 0 Å². The van der Waals surface area contributed by atoms with Gasteiger partial charge in [-0.15, -0.1) is 0 Å². The molecule has 340 valence electrons. The van der Waals surface area contributed by atoms with Gasteiger partial charge in [-0.1, -0.05) is 169 Å². The van der Waals surface area contributed by atoms with Gasteiger partial charge in [0, 0.05) is 50.9 Å². The molecule has 4 aliphatic rings. The smallest absolute Gasteiger partial charge is 0.252 e. The summed E-state index contributed by atoms with van der Waals surface area (Å²) in [5.74, 6) is 0. The minimum Gasteiger partial charge on any atom is -0.334 e. The van der Waals surface area contributed by atoms with Crippen LogP contribution in [0.2, 0.25) is 0 Å². The number of benzene rings is 6. The van der Waals surface area contributed by atoms with Crippen molar-refractivity contribution in [2.75, 3.05) is 14.7 Å². The summed E-state index contributed by atoms with van der Waals surface area (Å²) in [5, 5.41) is 0. The van der Waals surface area contributed by atoms with Crippen LogP contribution in [0.1, 0.15) is 162 Å². The van der Waals surface area contributed by atoms with Crippen molar-refractivity contribution in [1.82, 2.24) is 0 Å². The minimum atomic E-state index is -0.104. The van der Waals surface area contributed by atoms with Gasteiger partial charge in [-0.05, 0) is 154 Å². The number of hydrogen-bond donors (Lipinski definition) is 0. The molecule has 0 bridgehead atoms. The van der Waals surface area contributed by atoms with Crippen molar-refractivity contribution < 1.29 is 0 Å². The lowest BCUT2D eigenvalue weighted by Crippen LogP contribution is -2.62. The maximum Gasteiger partial charge on any atom is 0.252 e. The van der Waals surface area contributed by atoms with Crippen LogP contribution in [0.25, 0.3) is 0 Å². The Labute approximate surface area is 398 Å². The molecule has 66 heavy (non-hydrogen) atoms. The Morgan fingerprint density at radius 2 is 0.879 bits per heavy atom. The second-order valence-electron chi connectivity index (χ2n) is 25.3. The predicted octanol–water partition coefficient (Wildman–Crippen LogP) is 15.3. The van der Waals surface area contributed by atoms with Crippen molar-refractivity contribution in [2.24, 2.45) is 0 Å². The molecule has 0 saturated heterocycles. The number of nitrogens with zero attached hydrogens (tertiary/aromatic N) is 3. The molecule has 0 N–H and O–H groups in total. The van der Waals surface area contributed by atoms with Gasteiger partial charge in [0.15, 0.2) is 0 Å². The highest BCUT2D eigenvalue weighted by atomic mass is 15.3. The largest absolute Gasteiger partial charge is 0.334 e. The zero-order chi connectivity index (χ0) is 47.3. The summed E-state index contributed by atoms with van der Waals surface area (Å²) < 4.78 is 0. The molecular weight excluding hydrogens is 798 g/mol. The van der Waals surface area contributed by atoms with Crippen LogP contribution < -0.4 is 31.1 Å². The summed E-state index contributed by atoms with van der Waals surface area (Å²) in [7, 11) is 0. The molecular formula is C62H74BN3. The van der Waals surface area contributed by atoms with Gasteiger partial charge in [0.1, 0.15) is 0 Å². The van der Waals surface area contributed by atoms with Gasteiger partial charge in [0.05, 0.1) is 5.54 Å². The van der Waals surface area contributed by atoms with Gasteiger partial charge in [0.2, 0.25) is 0 Å². The second kappa shape index (κ2) is 14.6. The van der Waals surface area contributed by atoms with Crippen molar-refractivity contribution in [2.45, 2.75) is 169 Å². The van der Waals surface area contributed by atoms with E-state index in [0.717, 1.165) is 6.42 Å². The summed E-state index contributed by atoms with van der Waals surface area (Å²) in [6, 6.07) is 44.0. The minimum absolute atomic E-state index is 0.0178. The molecule has 0 spiro atoms. The van der Waals surface area contributed by atoms with E-state index in [1.807, 2.05) is 0 Å². The van der Waals surface area contributed by atoms with Gasteiger partial charge >= 0.3 is 0 Å². The van der Waals surface area contributed by atoms with E-state index in [0.29, 0.717) is 0 Å². The van der Waals surface area contributed by atoms with E-state index in [4.69, 9.17) is 0 Å². The van der Waals surface area contributed by atoms with E-state index in [-0.39, 0.29) is 39.3 Å². The third-order valence-corrected chi connectivity index (χ3v) is 16.6. The predicted molar refractivity (Wildman–Crippen MR) is 288 cm³/mol. The summed E-state index contributed by atoms with van der Waals surface area (Å²) in [6.45, 7) is 37.9. The maximum atomic E-state index is 2.83. The highest BCUT2D eigenvalue weighted by Crippen LogP contribution is 2.62. The normalized spacial score (nSPS) is 20.2. The Bertz CT molecular complexity index is 2760. The number of hydrogen-bond acceptors (Lipinski definition) is 3. The molecule has 3 heterocycles. The highest BCUT2D eigenvalue weighted by molar-refractivity contribution is 7.00. The molecule has 1 fully saturated rings. The average molecular weight is 872 g/mol. The number of fused-ring (bicyclic) bond motifs is 7. The fraction of sp³-hybridized carbons (Fsp3) is 0.419. The van der Waals surface area contributed by atoms with Gasteiger partial charge in [-0.2, -0.15) is 0 Å². The third-order valence-electron chi connectivity index (χ3n) is 16.6. The fourth-order valence-corrected chi connectivity index (χ4v) is 12.4. The first-order valence-corrected chi connectivity index (χ1v) is 25.0. The summed E-state index contributed by atoms with van der Waals surface area (Å²) in [5.41, 5.74) is 23.9. The maximum absolute atomic E-state index is 2.83. The zero-order valence-corrected chi connectivity index (χ0v) is 43.1. The molecule has 2 atom stereocenters. The molecule has 3 aliphatic heterocycles. The standard InChI is InChI=1S/C62H74BN3/c1-39-33-40(2)56-48(34-39)61(15)31-17-18-32-62(61,16)66(56)47-37-53-55-54(38-47)65(46-27-21-42(22-28-46)58(6,7)8)52-30-24-44(60(12,13)14)36-50(52)63(55)49-35-43(59(9,10)11)23-29-51(49)64(53)45-25-19-41(20-26-45)57(3,4)5/h19-30,33-38H,17-18,31-32H2,1-16H3. The van der Waals surface area contributed by atoms with Crippen molar-refractivity contribution in [3.05, 3.63) is 148 Å². The molecule has 0 aromatic heterocycles. The molecule has 1 aliphatic carbocycles. The molecule has 2 unspecified atom stereocenters. The Balaban J connectivity index is 1.35. The van der Waals surface area contributed by atoms with E-state index in [1.165, 1.54) is 120 Å². The second-order valence-corrected chi connectivity index (χ2v) is 25.3. The lowest BCUT2D eigenvalue weighted by molar-refractivity contribution is 0.195. The summed E-state index contributed by atoms with van der Waals surface area (Å²) in [4.78, 5) is 8.10. The summed E-state index contributed by atoms with van der Waals surface area (Å²) >= 11 is 0. The molecule has 0 amide bonds. The summed E-state index contributed by atoms with van der Waals surface area (Å²) in [6.07, 6.45) is 4.85. The fourth-order valence-electron chi connectivity index (χ4n) is 12.4. The van der Waals surface area contributed by atoms with Crippen LogP contribution in [-0.2, 0) is 27.1 Å². The number of rotatable bonds is 3. The molecule has 6 aromatic carbocycles. The quantitative estimate of drug-likeness (QED) is 0.164. The highest BCUT2D eigenvalue weighted by Gasteiger charge is 2.58. The first kappa shape index (κ1) is 44.6. The molecule has 1 saturated carbocycles. The van der Waals surface area contributed by atoms with Gasteiger partial charge in [-0.25, -0.2) is 0 Å². The van der Waals surface area contributed by atoms with E-state index in [9.17, 15) is 0 Å². The molecule has 3 nitrogen and oxygen atoms in total. The van der Waals surface area contributed by atoms with Gasteiger partial charge in [-0.3, -0.25) is 0 Å². The van der Waals surface area contributed by atoms with Crippen LogP contribution in [0.15, 0.2) is 109 Å². The van der Waals surface area contributed by atoms with Crippen LogP contribution in [0, 0.1) is 13.8 Å². The van der Waals surface area contributed by atoms with Crippen molar-refractivity contribution in [3.8, 4) is 0 Å². The average Bonchev–Trinajstić information content (AvgIpc) is 3.45. The Kier molecular flexibility index (Phi) is 9.90. The van der Waals surface area contributed by atoms with Crippen LogP contribution in [0.3, 0.4) is 0 Å². The van der Waals surface area contributed by atoms with Crippen molar-refractivity contribution in [1.29, 1.82) is 0 Å². The lowest BCUT2D eigenvalue weighted by Gasteiger charge is -2.51. The lowest BCUT2D eigenvalue weighted by atomic mass is 9.33. The Morgan fingerprint density at radius 3 is 1.32 bits per heavy atom. The van der Waals surface area contributed by atoms with Gasteiger partial charge in [0.25, 0.3) is 6.71 Å². The topological polar surface area (TPSA) is 9.72 Å². The van der Waals surface area contributed by atoms with Crippen molar-refractivity contribution in [3.63, 3.8) is 0 Å². The van der Waals surface area contributed by atoms with Crippen molar-refractivity contribution >= 4 is 68.6 Å². The Morgan fingerprint density at radius 1 is 0.455 bits per heavy atom. The zero-order valence-electron chi connectivity index (χ0n) is 43.1. The molecule has 10 rings (SSSR count).